The fourth-order valence-electron chi connectivity index (χ4n) is 2.94. The molecule has 2 aromatic heterocycles. The largest absolute Gasteiger partial charge is 0.390 e. The minimum Gasteiger partial charge on any atom is -0.390 e. The fourth-order valence-corrected chi connectivity index (χ4v) is 3.11. The van der Waals surface area contributed by atoms with E-state index < -0.39 is 12.2 Å². The molecule has 1 fully saturated rings. The van der Waals surface area contributed by atoms with Crippen LogP contribution in [0.5, 0.6) is 0 Å². The molecule has 0 amide bonds. The molecule has 7 nitrogen and oxygen atoms in total. The molecule has 130 valence electrons. The summed E-state index contributed by atoms with van der Waals surface area (Å²) in [5.41, 5.74) is 2.19. The summed E-state index contributed by atoms with van der Waals surface area (Å²) in [5, 5.41) is 10.6. The van der Waals surface area contributed by atoms with Crippen molar-refractivity contribution in [3.8, 4) is 0 Å². The second-order valence-electron chi connectivity index (χ2n) is 5.92. The van der Waals surface area contributed by atoms with Crippen LogP contribution in [0.25, 0.3) is 11.2 Å². The Kier molecular flexibility index (Phi) is 4.63. The maximum atomic E-state index is 10.3. The SMILES string of the molecule is O[C@H]1C[C@H](n2cnc3c(Cl)ncnc32)O[C@@H]1COCc1ccccc1. The normalized spacial score (nSPS) is 23.4. The number of aliphatic hydroxyl groups is 1. The molecule has 0 bridgehead atoms. The van der Waals surface area contributed by atoms with Crippen LogP contribution in [0.4, 0.5) is 0 Å². The first kappa shape index (κ1) is 16.4. The number of hydrogen-bond acceptors (Lipinski definition) is 6. The van der Waals surface area contributed by atoms with Crippen LogP contribution in [0.3, 0.4) is 0 Å². The Morgan fingerprint density at radius 2 is 2.08 bits per heavy atom. The monoisotopic (exact) mass is 360 g/mol. The Hall–Kier alpha value is -2.06. The molecule has 0 unspecified atom stereocenters. The molecule has 1 N–H and O–H groups in total. The smallest absolute Gasteiger partial charge is 0.166 e. The first-order chi connectivity index (χ1) is 12.2. The molecule has 0 radical (unpaired) electrons. The van der Waals surface area contributed by atoms with E-state index >= 15 is 0 Å². The average Bonchev–Trinajstić information content (AvgIpc) is 3.21. The Morgan fingerprint density at radius 3 is 2.92 bits per heavy atom. The topological polar surface area (TPSA) is 82.3 Å². The summed E-state index contributed by atoms with van der Waals surface area (Å²) in [7, 11) is 0. The standard InChI is InChI=1S/C17H17ClN4O3/c18-16-15-17(20-9-19-16)22(10-21-15)14-6-12(23)13(25-14)8-24-7-11-4-2-1-3-5-11/h1-5,9-10,12-14,23H,6-8H2/t12-,13+,14+/m0/s1. The number of fused-ring (bicyclic) bond motifs is 1. The van der Waals surface area contributed by atoms with Crippen LogP contribution in [0.2, 0.25) is 5.15 Å². The lowest BCUT2D eigenvalue weighted by Gasteiger charge is -2.16. The molecular formula is C17H17ClN4O3. The molecule has 0 saturated carbocycles. The lowest BCUT2D eigenvalue weighted by atomic mass is 10.2. The van der Waals surface area contributed by atoms with Gasteiger partial charge in [-0.2, -0.15) is 0 Å². The van der Waals surface area contributed by atoms with Gasteiger partial charge in [0, 0.05) is 6.42 Å². The number of aliphatic hydroxyl groups excluding tert-OH is 1. The van der Waals surface area contributed by atoms with Crippen LogP contribution in [0.15, 0.2) is 43.0 Å². The predicted molar refractivity (Wildman–Crippen MR) is 91.0 cm³/mol. The summed E-state index contributed by atoms with van der Waals surface area (Å²) >= 11 is 6.02. The van der Waals surface area contributed by atoms with Crippen LogP contribution in [-0.2, 0) is 16.1 Å². The van der Waals surface area contributed by atoms with Gasteiger partial charge >= 0.3 is 0 Å². The van der Waals surface area contributed by atoms with Gasteiger partial charge in [-0.15, -0.1) is 0 Å². The summed E-state index contributed by atoms with van der Waals surface area (Å²) in [5.74, 6) is 0. The highest BCUT2D eigenvalue weighted by Gasteiger charge is 2.36. The summed E-state index contributed by atoms with van der Waals surface area (Å²) in [6.07, 6.45) is 2.05. The van der Waals surface area contributed by atoms with Crippen LogP contribution >= 0.6 is 11.6 Å². The highest BCUT2D eigenvalue weighted by atomic mass is 35.5. The van der Waals surface area contributed by atoms with E-state index in [0.717, 1.165) is 5.56 Å². The minimum atomic E-state index is -0.615. The summed E-state index contributed by atoms with van der Waals surface area (Å²) in [4.78, 5) is 12.4. The molecule has 4 rings (SSSR count). The lowest BCUT2D eigenvalue weighted by molar-refractivity contribution is -0.0646. The number of hydrogen-bond donors (Lipinski definition) is 1. The molecule has 1 saturated heterocycles. The van der Waals surface area contributed by atoms with Gasteiger partial charge in [0.25, 0.3) is 0 Å². The van der Waals surface area contributed by atoms with Crippen molar-refractivity contribution in [3.05, 3.63) is 53.7 Å². The zero-order valence-electron chi connectivity index (χ0n) is 13.3. The third-order valence-electron chi connectivity index (χ3n) is 4.22. The third kappa shape index (κ3) is 3.36. The van der Waals surface area contributed by atoms with Crippen LogP contribution < -0.4 is 0 Å². The van der Waals surface area contributed by atoms with Crippen molar-refractivity contribution in [2.45, 2.75) is 31.5 Å². The van der Waals surface area contributed by atoms with E-state index in [0.29, 0.717) is 36.0 Å². The second kappa shape index (κ2) is 7.05. The molecule has 3 heterocycles. The number of imidazole rings is 1. The molecule has 25 heavy (non-hydrogen) atoms. The number of nitrogens with zero attached hydrogens (tertiary/aromatic N) is 4. The molecule has 0 aliphatic carbocycles. The summed E-state index contributed by atoms with van der Waals surface area (Å²) in [6.45, 7) is 0.795. The molecule has 3 atom stereocenters. The van der Waals surface area contributed by atoms with Gasteiger partial charge in [-0.25, -0.2) is 15.0 Å². The van der Waals surface area contributed by atoms with Crippen LogP contribution in [0.1, 0.15) is 18.2 Å². The maximum absolute atomic E-state index is 10.3. The van der Waals surface area contributed by atoms with Gasteiger partial charge in [-0.1, -0.05) is 41.9 Å². The van der Waals surface area contributed by atoms with Gasteiger partial charge in [-0.05, 0) is 5.56 Å². The molecule has 1 aliphatic rings. The van der Waals surface area contributed by atoms with E-state index in [1.54, 1.807) is 10.9 Å². The number of aromatic nitrogens is 4. The first-order valence-electron chi connectivity index (χ1n) is 8.00. The first-order valence-corrected chi connectivity index (χ1v) is 8.38. The highest BCUT2D eigenvalue weighted by molar-refractivity contribution is 6.33. The minimum absolute atomic E-state index is 0.296. The molecule has 1 aromatic carbocycles. The van der Waals surface area contributed by atoms with Crippen LogP contribution in [-0.4, -0.2) is 43.4 Å². The summed E-state index contributed by atoms with van der Waals surface area (Å²) in [6, 6.07) is 9.88. The van der Waals surface area contributed by atoms with Crippen molar-refractivity contribution in [2.75, 3.05) is 6.61 Å². The van der Waals surface area contributed by atoms with Crippen molar-refractivity contribution in [2.24, 2.45) is 0 Å². The second-order valence-corrected chi connectivity index (χ2v) is 6.28. The van der Waals surface area contributed by atoms with E-state index in [9.17, 15) is 5.11 Å². The Balaban J connectivity index is 1.41. The number of ether oxygens (including phenoxy) is 2. The number of halogens is 1. The third-order valence-corrected chi connectivity index (χ3v) is 4.50. The van der Waals surface area contributed by atoms with Crippen molar-refractivity contribution < 1.29 is 14.6 Å². The van der Waals surface area contributed by atoms with E-state index in [1.165, 1.54) is 6.33 Å². The van der Waals surface area contributed by atoms with Crippen LogP contribution in [0, 0.1) is 0 Å². The van der Waals surface area contributed by atoms with Gasteiger partial charge in [0.1, 0.15) is 24.2 Å². The fraction of sp³-hybridized carbons (Fsp3) is 0.353. The number of benzene rings is 1. The van der Waals surface area contributed by atoms with Gasteiger partial charge < -0.3 is 14.6 Å². The molecular weight excluding hydrogens is 344 g/mol. The zero-order chi connectivity index (χ0) is 17.2. The van der Waals surface area contributed by atoms with Crippen molar-refractivity contribution in [3.63, 3.8) is 0 Å². The Labute approximate surface area is 149 Å². The highest BCUT2D eigenvalue weighted by Crippen LogP contribution is 2.31. The maximum Gasteiger partial charge on any atom is 0.166 e. The molecule has 1 aliphatic heterocycles. The van der Waals surface area contributed by atoms with Crippen molar-refractivity contribution >= 4 is 22.8 Å². The van der Waals surface area contributed by atoms with Gasteiger partial charge in [0.05, 0.1) is 25.6 Å². The van der Waals surface area contributed by atoms with Crippen molar-refractivity contribution in [1.82, 2.24) is 19.5 Å². The lowest BCUT2D eigenvalue weighted by Crippen LogP contribution is -2.26. The Bertz CT molecular complexity index is 857. The molecule has 0 spiro atoms. The quantitative estimate of drug-likeness (QED) is 0.703. The molecule has 3 aromatic rings. The van der Waals surface area contributed by atoms with Gasteiger partial charge in [-0.3, -0.25) is 4.57 Å². The van der Waals surface area contributed by atoms with Gasteiger partial charge in [0.2, 0.25) is 0 Å². The van der Waals surface area contributed by atoms with E-state index in [4.69, 9.17) is 21.1 Å². The average molecular weight is 361 g/mol. The van der Waals surface area contributed by atoms with E-state index in [-0.39, 0.29) is 6.23 Å². The molecule has 8 heteroatoms. The zero-order valence-corrected chi connectivity index (χ0v) is 14.1. The Morgan fingerprint density at radius 1 is 1.24 bits per heavy atom. The van der Waals surface area contributed by atoms with Crippen molar-refractivity contribution in [1.29, 1.82) is 0 Å². The number of rotatable bonds is 5. The van der Waals surface area contributed by atoms with E-state index in [1.807, 2.05) is 30.3 Å². The summed E-state index contributed by atoms with van der Waals surface area (Å²) < 4.78 is 13.4. The van der Waals surface area contributed by atoms with E-state index in [2.05, 4.69) is 15.0 Å². The predicted octanol–water partition coefficient (Wildman–Crippen LogP) is 2.34. The van der Waals surface area contributed by atoms with Gasteiger partial charge in [0.15, 0.2) is 10.8 Å².